The van der Waals surface area contributed by atoms with E-state index in [2.05, 4.69) is 29.8 Å². The highest BCUT2D eigenvalue weighted by atomic mass is 35.5. The summed E-state index contributed by atoms with van der Waals surface area (Å²) < 4.78 is 2.33. The van der Waals surface area contributed by atoms with Crippen LogP contribution in [0, 0.1) is 0 Å². The Balaban J connectivity index is 1.70. The maximum atomic E-state index is 6.20. The molecule has 2 heteroatoms. The lowest BCUT2D eigenvalue weighted by Crippen LogP contribution is -1.95. The van der Waals surface area contributed by atoms with Crippen molar-refractivity contribution in [3.8, 4) is 0 Å². The highest BCUT2D eigenvalue weighted by molar-refractivity contribution is 6.35. The summed E-state index contributed by atoms with van der Waals surface area (Å²) in [6.45, 7) is 3.38. The summed E-state index contributed by atoms with van der Waals surface area (Å²) in [5.41, 5.74) is 1.26. The topological polar surface area (TPSA) is 4.93 Å². The third kappa shape index (κ3) is 4.28. The number of nitrogens with zero attached hydrogens (tertiary/aromatic N) is 1. The predicted molar refractivity (Wildman–Crippen MR) is 89.6 cm³/mol. The van der Waals surface area contributed by atoms with E-state index in [1.54, 1.807) is 0 Å². The zero-order valence-electron chi connectivity index (χ0n) is 12.6. The SMILES string of the molecule is CCCCCCCCCCn1ccc2c(Cl)cccc21. The van der Waals surface area contributed by atoms with E-state index < -0.39 is 0 Å². The van der Waals surface area contributed by atoms with Gasteiger partial charge >= 0.3 is 0 Å². The molecule has 1 aromatic heterocycles. The average molecular weight is 292 g/mol. The van der Waals surface area contributed by atoms with Gasteiger partial charge in [-0.05, 0) is 24.6 Å². The first-order chi connectivity index (χ1) is 9.83. The van der Waals surface area contributed by atoms with Crippen molar-refractivity contribution in [3.63, 3.8) is 0 Å². The van der Waals surface area contributed by atoms with Crippen molar-refractivity contribution in [2.75, 3.05) is 0 Å². The zero-order chi connectivity index (χ0) is 14.2. The molecule has 0 saturated carbocycles. The first kappa shape index (κ1) is 15.4. The number of rotatable bonds is 9. The molecule has 0 aliphatic heterocycles. The van der Waals surface area contributed by atoms with Crippen molar-refractivity contribution >= 4 is 22.5 Å². The minimum atomic E-state index is 0.858. The number of hydrogen-bond acceptors (Lipinski definition) is 0. The Labute approximate surface area is 127 Å². The van der Waals surface area contributed by atoms with Crippen LogP contribution in [0.2, 0.25) is 5.02 Å². The maximum Gasteiger partial charge on any atom is 0.0499 e. The minimum Gasteiger partial charge on any atom is -0.347 e. The third-order valence-corrected chi connectivity index (χ3v) is 4.34. The van der Waals surface area contributed by atoms with Crippen LogP contribution in [0.4, 0.5) is 0 Å². The van der Waals surface area contributed by atoms with Crippen molar-refractivity contribution in [2.45, 2.75) is 64.8 Å². The van der Waals surface area contributed by atoms with Gasteiger partial charge in [0, 0.05) is 28.7 Å². The van der Waals surface area contributed by atoms with Crippen LogP contribution in [0.3, 0.4) is 0 Å². The summed E-state index contributed by atoms with van der Waals surface area (Å²) in [6.07, 6.45) is 13.1. The second-order valence-electron chi connectivity index (χ2n) is 5.66. The fourth-order valence-corrected chi connectivity index (χ4v) is 3.03. The third-order valence-electron chi connectivity index (χ3n) is 4.01. The second-order valence-corrected chi connectivity index (χ2v) is 6.06. The van der Waals surface area contributed by atoms with Crippen molar-refractivity contribution in [1.82, 2.24) is 4.57 Å². The predicted octanol–water partition coefficient (Wildman–Crippen LogP) is 6.44. The molecule has 0 aliphatic rings. The molecule has 0 radical (unpaired) electrons. The van der Waals surface area contributed by atoms with Crippen molar-refractivity contribution < 1.29 is 0 Å². The summed E-state index contributed by atoms with van der Waals surface area (Å²) in [4.78, 5) is 0. The Morgan fingerprint density at radius 2 is 1.60 bits per heavy atom. The molecule has 110 valence electrons. The summed E-state index contributed by atoms with van der Waals surface area (Å²) >= 11 is 6.20. The monoisotopic (exact) mass is 291 g/mol. The molecule has 0 unspecified atom stereocenters. The number of fused-ring (bicyclic) bond motifs is 1. The van der Waals surface area contributed by atoms with Crippen molar-refractivity contribution in [3.05, 3.63) is 35.5 Å². The number of benzene rings is 1. The minimum absolute atomic E-state index is 0.858. The van der Waals surface area contributed by atoms with E-state index in [1.807, 2.05) is 12.1 Å². The molecule has 20 heavy (non-hydrogen) atoms. The second kappa shape index (κ2) is 8.36. The average Bonchev–Trinajstić information content (AvgIpc) is 2.87. The molecule has 1 nitrogen and oxygen atoms in total. The normalized spacial score (nSPS) is 11.3. The van der Waals surface area contributed by atoms with Crippen molar-refractivity contribution in [1.29, 1.82) is 0 Å². The van der Waals surface area contributed by atoms with Crippen LogP contribution in [-0.2, 0) is 6.54 Å². The molecule has 0 amide bonds. The van der Waals surface area contributed by atoms with Gasteiger partial charge in [0.25, 0.3) is 0 Å². The highest BCUT2D eigenvalue weighted by Crippen LogP contribution is 2.24. The van der Waals surface area contributed by atoms with Gasteiger partial charge in [-0.25, -0.2) is 0 Å². The molecule has 1 heterocycles. The zero-order valence-corrected chi connectivity index (χ0v) is 13.3. The summed E-state index contributed by atoms with van der Waals surface area (Å²) in [5.74, 6) is 0. The summed E-state index contributed by atoms with van der Waals surface area (Å²) in [6, 6.07) is 8.29. The van der Waals surface area contributed by atoms with Gasteiger partial charge in [0.2, 0.25) is 0 Å². The van der Waals surface area contributed by atoms with Gasteiger partial charge in [0.15, 0.2) is 0 Å². The Hall–Kier alpha value is -0.950. The number of aromatic nitrogens is 1. The lowest BCUT2D eigenvalue weighted by molar-refractivity contribution is 0.549. The Kier molecular flexibility index (Phi) is 6.46. The maximum absolute atomic E-state index is 6.20. The largest absolute Gasteiger partial charge is 0.347 e. The molecular formula is C18H26ClN. The molecule has 0 aliphatic carbocycles. The Morgan fingerprint density at radius 3 is 2.35 bits per heavy atom. The Bertz CT molecular complexity index is 515. The molecule has 0 bridgehead atoms. The highest BCUT2D eigenvalue weighted by Gasteiger charge is 2.03. The van der Waals surface area contributed by atoms with Crippen LogP contribution in [0.5, 0.6) is 0 Å². The van der Waals surface area contributed by atoms with Crippen LogP contribution >= 0.6 is 11.6 Å². The molecule has 0 fully saturated rings. The van der Waals surface area contributed by atoms with Crippen LogP contribution in [0.1, 0.15) is 58.3 Å². The van der Waals surface area contributed by atoms with E-state index in [-0.39, 0.29) is 0 Å². The van der Waals surface area contributed by atoms with E-state index in [0.29, 0.717) is 0 Å². The number of halogens is 1. The van der Waals surface area contributed by atoms with Crippen molar-refractivity contribution in [2.24, 2.45) is 0 Å². The molecule has 0 saturated heterocycles. The lowest BCUT2D eigenvalue weighted by atomic mass is 10.1. The lowest BCUT2D eigenvalue weighted by Gasteiger charge is -2.06. The quantitative estimate of drug-likeness (QED) is 0.469. The van der Waals surface area contributed by atoms with E-state index in [0.717, 1.165) is 11.6 Å². The fraction of sp³-hybridized carbons (Fsp3) is 0.556. The van der Waals surface area contributed by atoms with Gasteiger partial charge in [0.05, 0.1) is 0 Å². The van der Waals surface area contributed by atoms with Gasteiger partial charge in [-0.1, -0.05) is 69.5 Å². The van der Waals surface area contributed by atoms with Gasteiger partial charge in [-0.2, -0.15) is 0 Å². The van der Waals surface area contributed by atoms with Gasteiger partial charge in [-0.3, -0.25) is 0 Å². The van der Waals surface area contributed by atoms with E-state index >= 15 is 0 Å². The smallest absolute Gasteiger partial charge is 0.0499 e. The Morgan fingerprint density at radius 1 is 0.900 bits per heavy atom. The molecule has 0 atom stereocenters. The van der Waals surface area contributed by atoms with Crippen LogP contribution in [0.15, 0.2) is 30.5 Å². The van der Waals surface area contributed by atoms with Gasteiger partial charge in [-0.15, -0.1) is 0 Å². The fourth-order valence-electron chi connectivity index (χ4n) is 2.80. The molecule has 2 rings (SSSR count). The summed E-state index contributed by atoms with van der Waals surface area (Å²) in [7, 11) is 0. The van der Waals surface area contributed by atoms with E-state index in [9.17, 15) is 0 Å². The molecule has 2 aromatic rings. The summed E-state index contributed by atoms with van der Waals surface area (Å²) in [5, 5.41) is 2.03. The van der Waals surface area contributed by atoms with Crippen LogP contribution in [-0.4, -0.2) is 4.57 Å². The van der Waals surface area contributed by atoms with E-state index in [1.165, 1.54) is 62.3 Å². The van der Waals surface area contributed by atoms with Gasteiger partial charge in [0.1, 0.15) is 0 Å². The molecular weight excluding hydrogens is 266 g/mol. The number of hydrogen-bond donors (Lipinski definition) is 0. The molecule has 0 spiro atoms. The number of unbranched alkanes of at least 4 members (excludes halogenated alkanes) is 7. The van der Waals surface area contributed by atoms with Gasteiger partial charge < -0.3 is 4.57 Å². The first-order valence-corrected chi connectivity index (χ1v) is 8.44. The van der Waals surface area contributed by atoms with Crippen LogP contribution in [0.25, 0.3) is 10.9 Å². The van der Waals surface area contributed by atoms with Crippen LogP contribution < -0.4 is 0 Å². The first-order valence-electron chi connectivity index (χ1n) is 8.06. The molecule has 0 N–H and O–H groups in total. The molecule has 1 aromatic carbocycles. The standard InChI is InChI=1S/C18H26ClN/c1-2-3-4-5-6-7-8-9-14-20-15-13-16-17(19)11-10-12-18(16)20/h10-13,15H,2-9,14H2,1H3. The number of aryl methyl sites for hydroxylation is 1. The van der Waals surface area contributed by atoms with E-state index in [4.69, 9.17) is 11.6 Å².